The summed E-state index contributed by atoms with van der Waals surface area (Å²) in [4.78, 5) is 29.0. The highest BCUT2D eigenvalue weighted by Crippen LogP contribution is 2.47. The number of aliphatic hydroxyl groups is 1. The summed E-state index contributed by atoms with van der Waals surface area (Å²) in [7, 11) is 0. The molecule has 0 bridgehead atoms. The molecule has 0 saturated carbocycles. The number of para-hydroxylation sites is 1. The van der Waals surface area contributed by atoms with Crippen molar-refractivity contribution < 1.29 is 28.6 Å². The third-order valence-corrected chi connectivity index (χ3v) is 6.53. The number of amides is 3. The number of ether oxygens (including phenoxy) is 2. The van der Waals surface area contributed by atoms with Crippen LogP contribution in [-0.4, -0.2) is 46.9 Å². The lowest BCUT2D eigenvalue weighted by molar-refractivity contribution is -0.142. The smallest absolute Gasteiger partial charge is 0.323 e. The Kier molecular flexibility index (Phi) is 7.29. The van der Waals surface area contributed by atoms with Crippen molar-refractivity contribution in [2.45, 2.75) is 43.6 Å². The summed E-state index contributed by atoms with van der Waals surface area (Å²) >= 11 is 0. The molecule has 37 heavy (non-hydrogen) atoms. The molecule has 2 aliphatic rings. The van der Waals surface area contributed by atoms with Crippen LogP contribution >= 0.6 is 0 Å². The van der Waals surface area contributed by atoms with Crippen LogP contribution in [0.4, 0.5) is 20.6 Å². The van der Waals surface area contributed by atoms with E-state index in [0.717, 1.165) is 11.1 Å². The van der Waals surface area contributed by atoms with Gasteiger partial charge in [-0.1, -0.05) is 12.1 Å². The van der Waals surface area contributed by atoms with Crippen LogP contribution in [0.25, 0.3) is 0 Å². The van der Waals surface area contributed by atoms with Gasteiger partial charge < -0.3 is 30.5 Å². The molecule has 9 nitrogen and oxygen atoms in total. The zero-order valence-corrected chi connectivity index (χ0v) is 19.9. The second kappa shape index (κ2) is 10.9. The first-order valence-corrected chi connectivity index (χ1v) is 12.0. The summed E-state index contributed by atoms with van der Waals surface area (Å²) in [6, 6.07) is 14.2. The lowest BCUT2D eigenvalue weighted by Crippen LogP contribution is -2.47. The van der Waals surface area contributed by atoms with E-state index in [4.69, 9.17) is 9.47 Å². The molecule has 0 spiro atoms. The van der Waals surface area contributed by atoms with Gasteiger partial charge >= 0.3 is 6.03 Å². The summed E-state index contributed by atoms with van der Waals surface area (Å²) in [5.41, 5.74) is 2.39. The Morgan fingerprint density at radius 1 is 1.08 bits per heavy atom. The Hall–Kier alpha value is -4.02. The second-order valence-electron chi connectivity index (χ2n) is 9.05. The van der Waals surface area contributed by atoms with Crippen molar-refractivity contribution in [1.82, 2.24) is 10.3 Å². The molecule has 1 aromatic heterocycles. The van der Waals surface area contributed by atoms with Crippen molar-refractivity contribution in [2.24, 2.45) is 0 Å². The Morgan fingerprint density at radius 3 is 2.68 bits per heavy atom. The number of fused-ring (bicyclic) bond motifs is 3. The van der Waals surface area contributed by atoms with E-state index in [2.05, 4.69) is 20.9 Å². The number of halogens is 1. The number of carbonyl (C=O) groups excluding carboxylic acids is 2. The molecule has 1 fully saturated rings. The number of hydrogen-bond donors (Lipinski definition) is 4. The number of hydrogen-bond acceptors (Lipinski definition) is 6. The fourth-order valence-corrected chi connectivity index (χ4v) is 4.79. The van der Waals surface area contributed by atoms with Gasteiger partial charge in [0.25, 0.3) is 0 Å². The van der Waals surface area contributed by atoms with Crippen LogP contribution in [0.15, 0.2) is 67.0 Å². The van der Waals surface area contributed by atoms with Crippen molar-refractivity contribution >= 4 is 23.3 Å². The number of benzene rings is 2. The second-order valence-corrected chi connectivity index (χ2v) is 9.05. The van der Waals surface area contributed by atoms with Crippen LogP contribution in [0, 0.1) is 5.82 Å². The van der Waals surface area contributed by atoms with Gasteiger partial charge in [0, 0.05) is 36.1 Å². The lowest BCUT2D eigenvalue weighted by Gasteiger charge is -2.37. The van der Waals surface area contributed by atoms with Crippen molar-refractivity contribution in [2.75, 3.05) is 17.2 Å². The Balaban J connectivity index is 1.24. The molecular formula is C27H27FN4O5. The maximum absolute atomic E-state index is 13.9. The van der Waals surface area contributed by atoms with Gasteiger partial charge in [-0.05, 0) is 54.4 Å². The topological polar surface area (TPSA) is 122 Å². The number of aromatic nitrogens is 1. The SMILES string of the molecule is O=C(C[C@@H]1C[C@@H]2c3cc(NC(=O)Nc4ccccc4F)ccc3O[C@@H]2[C@H](CO)O1)NCc1ccncc1. The molecule has 3 heterocycles. The first-order chi connectivity index (χ1) is 18.0. The maximum atomic E-state index is 13.9. The molecule has 0 radical (unpaired) electrons. The summed E-state index contributed by atoms with van der Waals surface area (Å²) in [5, 5.41) is 18.1. The number of nitrogens with zero attached hydrogens (tertiary/aromatic N) is 1. The monoisotopic (exact) mass is 506 g/mol. The minimum Gasteiger partial charge on any atom is -0.487 e. The van der Waals surface area contributed by atoms with Crippen molar-refractivity contribution in [3.05, 3.63) is 83.9 Å². The largest absolute Gasteiger partial charge is 0.487 e. The fourth-order valence-electron chi connectivity index (χ4n) is 4.79. The molecule has 2 aliphatic heterocycles. The van der Waals surface area contributed by atoms with Crippen LogP contribution in [-0.2, 0) is 16.1 Å². The molecule has 4 atom stereocenters. The Morgan fingerprint density at radius 2 is 1.89 bits per heavy atom. The number of nitrogens with one attached hydrogen (secondary N) is 3. The summed E-state index contributed by atoms with van der Waals surface area (Å²) in [5.74, 6) is -0.178. The zero-order valence-electron chi connectivity index (χ0n) is 19.9. The first kappa shape index (κ1) is 24.7. The standard InChI is InChI=1S/C27H27FN4O5/c28-21-3-1-2-4-22(21)32-27(35)31-17-5-6-23-19(11-17)20-12-18(36-24(15-33)26(20)37-23)13-25(34)30-14-16-7-9-29-10-8-16/h1-11,18,20,24,26,33H,12-15H2,(H,30,34)(H2,31,32,35)/t18-,20+,24-,26-/m0/s1. The minimum atomic E-state index is -0.593. The van der Waals surface area contributed by atoms with E-state index < -0.39 is 30.2 Å². The van der Waals surface area contributed by atoms with Gasteiger partial charge in [0.05, 0.1) is 24.8 Å². The summed E-state index contributed by atoms with van der Waals surface area (Å²) in [6.45, 7) is 0.139. The number of rotatable bonds is 7. The molecule has 1 saturated heterocycles. The van der Waals surface area contributed by atoms with Crippen molar-refractivity contribution in [3.8, 4) is 5.75 Å². The molecule has 3 aromatic rings. The molecule has 0 unspecified atom stereocenters. The van der Waals surface area contributed by atoms with Crippen LogP contribution in [0.5, 0.6) is 5.75 Å². The number of aliphatic hydroxyl groups excluding tert-OH is 1. The maximum Gasteiger partial charge on any atom is 0.323 e. The average Bonchev–Trinajstić information content (AvgIpc) is 3.27. The van der Waals surface area contributed by atoms with E-state index in [-0.39, 0.29) is 30.5 Å². The number of anilines is 2. The highest BCUT2D eigenvalue weighted by molar-refractivity contribution is 5.99. The number of carbonyl (C=O) groups is 2. The van der Waals surface area contributed by atoms with Crippen LogP contribution < -0.4 is 20.7 Å². The van der Waals surface area contributed by atoms with Gasteiger partial charge in [-0.25, -0.2) is 9.18 Å². The van der Waals surface area contributed by atoms with Gasteiger partial charge in [0.15, 0.2) is 0 Å². The van der Waals surface area contributed by atoms with E-state index in [1.807, 2.05) is 12.1 Å². The predicted octanol–water partition coefficient (Wildman–Crippen LogP) is 3.57. The Labute approximate surface area is 213 Å². The average molecular weight is 507 g/mol. The third kappa shape index (κ3) is 5.71. The highest BCUT2D eigenvalue weighted by Gasteiger charge is 2.46. The van der Waals surface area contributed by atoms with E-state index in [9.17, 15) is 19.1 Å². The minimum absolute atomic E-state index is 0.0739. The number of urea groups is 1. The van der Waals surface area contributed by atoms with E-state index in [1.165, 1.54) is 12.1 Å². The summed E-state index contributed by atoms with van der Waals surface area (Å²) < 4.78 is 26.0. The van der Waals surface area contributed by atoms with E-state index >= 15 is 0 Å². The zero-order chi connectivity index (χ0) is 25.8. The first-order valence-electron chi connectivity index (χ1n) is 12.0. The fraction of sp³-hybridized carbons (Fsp3) is 0.296. The van der Waals surface area contributed by atoms with Gasteiger partial charge in [-0.15, -0.1) is 0 Å². The third-order valence-electron chi connectivity index (χ3n) is 6.53. The Bertz CT molecular complexity index is 1270. The van der Waals surface area contributed by atoms with Gasteiger partial charge in [-0.3, -0.25) is 9.78 Å². The van der Waals surface area contributed by atoms with Gasteiger partial charge in [0.1, 0.15) is 23.8 Å². The molecule has 5 rings (SSSR count). The predicted molar refractivity (Wildman–Crippen MR) is 134 cm³/mol. The molecule has 4 N–H and O–H groups in total. The summed E-state index contributed by atoms with van der Waals surface area (Å²) in [6.07, 6.45) is 2.59. The lowest BCUT2D eigenvalue weighted by atomic mass is 9.84. The van der Waals surface area contributed by atoms with Crippen molar-refractivity contribution in [3.63, 3.8) is 0 Å². The normalized spacial score (nSPS) is 21.8. The van der Waals surface area contributed by atoms with Crippen LogP contribution in [0.1, 0.15) is 29.9 Å². The molecular weight excluding hydrogens is 479 g/mol. The van der Waals surface area contributed by atoms with Gasteiger partial charge in [-0.2, -0.15) is 0 Å². The van der Waals surface area contributed by atoms with Crippen LogP contribution in [0.2, 0.25) is 0 Å². The van der Waals surface area contributed by atoms with Crippen LogP contribution in [0.3, 0.4) is 0 Å². The highest BCUT2D eigenvalue weighted by atomic mass is 19.1. The molecule has 192 valence electrons. The van der Waals surface area contributed by atoms with E-state index in [0.29, 0.717) is 24.4 Å². The quantitative estimate of drug-likeness (QED) is 0.389. The van der Waals surface area contributed by atoms with E-state index in [1.54, 1.807) is 42.7 Å². The molecule has 10 heteroatoms. The molecule has 3 amide bonds. The van der Waals surface area contributed by atoms with Crippen molar-refractivity contribution in [1.29, 1.82) is 0 Å². The molecule has 2 aromatic carbocycles. The molecule has 0 aliphatic carbocycles. The number of pyridine rings is 1. The van der Waals surface area contributed by atoms with Gasteiger partial charge in [0.2, 0.25) is 5.91 Å².